The van der Waals surface area contributed by atoms with Gasteiger partial charge in [-0.25, -0.2) is 8.78 Å². The summed E-state index contributed by atoms with van der Waals surface area (Å²) in [6.07, 6.45) is 2.64. The predicted octanol–water partition coefficient (Wildman–Crippen LogP) is 1.72. The molecule has 0 atom stereocenters. The first-order valence-electron chi connectivity index (χ1n) is 6.12. The minimum atomic E-state index is -0.935. The molecule has 0 saturated heterocycles. The van der Waals surface area contributed by atoms with Crippen molar-refractivity contribution in [3.63, 3.8) is 0 Å². The largest absolute Gasteiger partial charge is 0.472 e. The van der Waals surface area contributed by atoms with Gasteiger partial charge in [0.2, 0.25) is 0 Å². The summed E-state index contributed by atoms with van der Waals surface area (Å²) in [5.41, 5.74) is -0.292. The van der Waals surface area contributed by atoms with Gasteiger partial charge in [-0.15, -0.1) is 0 Å². The number of benzene rings is 1. The first kappa shape index (κ1) is 14.7. The van der Waals surface area contributed by atoms with Crippen molar-refractivity contribution in [1.29, 1.82) is 0 Å². The van der Waals surface area contributed by atoms with Gasteiger partial charge in [-0.05, 0) is 18.2 Å². The van der Waals surface area contributed by atoms with Crippen LogP contribution in [0.5, 0.6) is 0 Å². The third-order valence-electron chi connectivity index (χ3n) is 2.67. The van der Waals surface area contributed by atoms with Crippen molar-refractivity contribution >= 4 is 11.8 Å². The maximum absolute atomic E-state index is 13.3. The van der Waals surface area contributed by atoms with Crippen LogP contribution in [0.15, 0.2) is 41.2 Å². The van der Waals surface area contributed by atoms with Gasteiger partial charge in [-0.1, -0.05) is 6.07 Å². The second kappa shape index (κ2) is 6.65. The third-order valence-corrected chi connectivity index (χ3v) is 2.67. The zero-order chi connectivity index (χ0) is 15.2. The van der Waals surface area contributed by atoms with Crippen LogP contribution < -0.4 is 10.6 Å². The Morgan fingerprint density at radius 2 is 1.62 bits per heavy atom. The molecule has 0 aliphatic heterocycles. The summed E-state index contributed by atoms with van der Waals surface area (Å²) in [5.74, 6) is -3.11. The fourth-order valence-electron chi connectivity index (χ4n) is 1.65. The summed E-state index contributed by atoms with van der Waals surface area (Å²) in [7, 11) is 0. The molecule has 2 amide bonds. The minimum absolute atomic E-state index is 0.0379. The van der Waals surface area contributed by atoms with E-state index in [9.17, 15) is 18.4 Å². The number of hydrogen-bond donors (Lipinski definition) is 2. The maximum atomic E-state index is 13.3. The van der Waals surface area contributed by atoms with Crippen LogP contribution in [-0.4, -0.2) is 24.9 Å². The molecule has 7 heteroatoms. The van der Waals surface area contributed by atoms with Crippen LogP contribution in [0.25, 0.3) is 0 Å². The molecule has 0 aliphatic carbocycles. The summed E-state index contributed by atoms with van der Waals surface area (Å²) >= 11 is 0. The Hall–Kier alpha value is -2.70. The molecular weight excluding hydrogens is 282 g/mol. The zero-order valence-electron chi connectivity index (χ0n) is 10.9. The second-order valence-corrected chi connectivity index (χ2v) is 4.12. The highest BCUT2D eigenvalue weighted by molar-refractivity contribution is 5.95. The maximum Gasteiger partial charge on any atom is 0.257 e. The predicted molar refractivity (Wildman–Crippen MR) is 69.7 cm³/mol. The van der Waals surface area contributed by atoms with Crippen molar-refractivity contribution < 1.29 is 22.8 Å². The molecule has 2 N–H and O–H groups in total. The van der Waals surface area contributed by atoms with E-state index in [2.05, 4.69) is 10.6 Å². The molecule has 0 radical (unpaired) electrons. The lowest BCUT2D eigenvalue weighted by atomic mass is 10.2. The molecule has 0 bridgehead atoms. The second-order valence-electron chi connectivity index (χ2n) is 4.12. The van der Waals surface area contributed by atoms with Gasteiger partial charge in [0.15, 0.2) is 0 Å². The van der Waals surface area contributed by atoms with Crippen molar-refractivity contribution in [3.8, 4) is 0 Å². The Morgan fingerprint density at radius 3 is 2.19 bits per heavy atom. The molecular formula is C14H12F2N2O3. The summed E-state index contributed by atoms with van der Waals surface area (Å²) < 4.78 is 31.4. The van der Waals surface area contributed by atoms with E-state index in [1.54, 1.807) is 0 Å². The summed E-state index contributed by atoms with van der Waals surface area (Å²) in [6.45, 7) is 0.155. The monoisotopic (exact) mass is 294 g/mol. The topological polar surface area (TPSA) is 71.3 Å². The lowest BCUT2D eigenvalue weighted by molar-refractivity contribution is 0.0922. The number of rotatable bonds is 5. The van der Waals surface area contributed by atoms with Crippen molar-refractivity contribution in [3.05, 3.63) is 59.6 Å². The standard InChI is InChI=1S/C14H12F2N2O3/c15-10-2-1-3-11(16)12(10)14(20)18-6-5-17-13(19)9-4-7-21-8-9/h1-4,7-8H,5-6H2,(H,17,19)(H,18,20). The van der Waals surface area contributed by atoms with E-state index >= 15 is 0 Å². The number of furan rings is 1. The lowest BCUT2D eigenvalue weighted by Crippen LogP contribution is -2.35. The molecule has 0 fully saturated rings. The third kappa shape index (κ3) is 3.65. The quantitative estimate of drug-likeness (QED) is 0.825. The van der Waals surface area contributed by atoms with Gasteiger partial charge in [0, 0.05) is 13.1 Å². The Kier molecular flexibility index (Phi) is 4.65. The first-order chi connectivity index (χ1) is 10.1. The van der Waals surface area contributed by atoms with E-state index in [-0.39, 0.29) is 19.0 Å². The molecule has 2 aromatic rings. The molecule has 0 unspecified atom stereocenters. The molecule has 1 heterocycles. The van der Waals surface area contributed by atoms with Crippen LogP contribution in [0.3, 0.4) is 0 Å². The highest BCUT2D eigenvalue weighted by Crippen LogP contribution is 2.11. The normalized spacial score (nSPS) is 10.2. The van der Waals surface area contributed by atoms with Crippen molar-refractivity contribution in [1.82, 2.24) is 10.6 Å². The van der Waals surface area contributed by atoms with Crippen molar-refractivity contribution in [2.45, 2.75) is 0 Å². The zero-order valence-corrected chi connectivity index (χ0v) is 10.9. The fraction of sp³-hybridized carbons (Fsp3) is 0.143. The highest BCUT2D eigenvalue weighted by atomic mass is 19.1. The van der Waals surface area contributed by atoms with Crippen LogP contribution in [0.4, 0.5) is 8.78 Å². The van der Waals surface area contributed by atoms with Crippen LogP contribution >= 0.6 is 0 Å². The molecule has 0 aliphatic rings. The number of carbonyl (C=O) groups is 2. The Bertz CT molecular complexity index is 621. The van der Waals surface area contributed by atoms with Gasteiger partial charge < -0.3 is 15.1 Å². The van der Waals surface area contributed by atoms with Gasteiger partial charge in [0.1, 0.15) is 23.5 Å². The SMILES string of the molecule is O=C(NCCNC(=O)c1c(F)cccc1F)c1ccoc1. The number of halogens is 2. The molecule has 1 aromatic carbocycles. The van der Waals surface area contributed by atoms with E-state index in [1.165, 1.54) is 24.7 Å². The molecule has 5 nitrogen and oxygen atoms in total. The summed E-state index contributed by atoms with van der Waals surface area (Å²) in [5, 5.41) is 4.84. The molecule has 110 valence electrons. The highest BCUT2D eigenvalue weighted by Gasteiger charge is 2.16. The smallest absolute Gasteiger partial charge is 0.257 e. The number of amides is 2. The molecule has 0 spiro atoms. The van der Waals surface area contributed by atoms with Crippen LogP contribution in [0, 0.1) is 11.6 Å². The van der Waals surface area contributed by atoms with Crippen molar-refractivity contribution in [2.75, 3.05) is 13.1 Å². The number of hydrogen-bond acceptors (Lipinski definition) is 3. The molecule has 21 heavy (non-hydrogen) atoms. The van der Waals surface area contributed by atoms with Crippen LogP contribution in [0.2, 0.25) is 0 Å². The van der Waals surface area contributed by atoms with Gasteiger partial charge >= 0.3 is 0 Å². The average molecular weight is 294 g/mol. The number of nitrogens with one attached hydrogen (secondary N) is 2. The average Bonchev–Trinajstić information content (AvgIpc) is 2.97. The van der Waals surface area contributed by atoms with E-state index in [0.29, 0.717) is 5.56 Å². The van der Waals surface area contributed by atoms with E-state index in [1.807, 2.05) is 0 Å². The van der Waals surface area contributed by atoms with Gasteiger partial charge in [0.05, 0.1) is 11.8 Å². The van der Waals surface area contributed by atoms with Crippen LogP contribution in [0.1, 0.15) is 20.7 Å². The molecule has 2 rings (SSSR count). The van der Waals surface area contributed by atoms with E-state index in [4.69, 9.17) is 4.42 Å². The van der Waals surface area contributed by atoms with E-state index in [0.717, 1.165) is 12.1 Å². The lowest BCUT2D eigenvalue weighted by Gasteiger charge is -2.07. The minimum Gasteiger partial charge on any atom is -0.472 e. The fourth-order valence-corrected chi connectivity index (χ4v) is 1.65. The summed E-state index contributed by atoms with van der Waals surface area (Å²) in [6, 6.07) is 4.66. The number of carbonyl (C=O) groups excluding carboxylic acids is 2. The Labute approximate surface area is 118 Å². The first-order valence-corrected chi connectivity index (χ1v) is 6.12. The molecule has 0 saturated carbocycles. The Balaban J connectivity index is 1.81. The van der Waals surface area contributed by atoms with Gasteiger partial charge in [0.25, 0.3) is 11.8 Å². The van der Waals surface area contributed by atoms with E-state index < -0.39 is 23.1 Å². The Morgan fingerprint density at radius 1 is 1.00 bits per heavy atom. The van der Waals surface area contributed by atoms with Gasteiger partial charge in [-0.3, -0.25) is 9.59 Å². The van der Waals surface area contributed by atoms with Gasteiger partial charge in [-0.2, -0.15) is 0 Å². The molecule has 1 aromatic heterocycles. The van der Waals surface area contributed by atoms with Crippen molar-refractivity contribution in [2.24, 2.45) is 0 Å². The van der Waals surface area contributed by atoms with Crippen LogP contribution in [-0.2, 0) is 0 Å². The summed E-state index contributed by atoms with van der Waals surface area (Å²) in [4.78, 5) is 23.2.